The van der Waals surface area contributed by atoms with Gasteiger partial charge in [0.2, 0.25) is 5.16 Å². The van der Waals surface area contributed by atoms with E-state index in [9.17, 15) is 4.79 Å². The normalized spacial score (nSPS) is 12.7. The fourth-order valence-electron chi connectivity index (χ4n) is 2.47. The third-order valence-electron chi connectivity index (χ3n) is 3.76. The highest BCUT2D eigenvalue weighted by Crippen LogP contribution is 2.34. The Morgan fingerprint density at radius 2 is 2.28 bits per heavy atom. The molecule has 0 amide bonds. The quantitative estimate of drug-likeness (QED) is 0.516. The zero-order valence-corrected chi connectivity index (χ0v) is 15.2. The van der Waals surface area contributed by atoms with Crippen LogP contribution in [-0.4, -0.2) is 25.1 Å². The second-order valence-corrected chi connectivity index (χ2v) is 7.60. The van der Waals surface area contributed by atoms with Gasteiger partial charge in [-0.05, 0) is 19.1 Å². The summed E-state index contributed by atoms with van der Waals surface area (Å²) in [4.78, 5) is 25.2. The molecule has 7 nitrogen and oxygen atoms in total. The fraction of sp³-hybridized carbons (Fsp3) is 0.250. The summed E-state index contributed by atoms with van der Waals surface area (Å²) in [5.41, 5.74) is 0.608. The van der Waals surface area contributed by atoms with E-state index < -0.39 is 0 Å². The van der Waals surface area contributed by atoms with Gasteiger partial charge in [0.25, 0.3) is 5.56 Å². The molecule has 128 valence electrons. The van der Waals surface area contributed by atoms with E-state index in [4.69, 9.17) is 4.42 Å². The summed E-state index contributed by atoms with van der Waals surface area (Å²) in [6.45, 7) is 3.98. The average molecular weight is 373 g/mol. The van der Waals surface area contributed by atoms with Gasteiger partial charge < -0.3 is 9.40 Å². The average Bonchev–Trinajstić information content (AvgIpc) is 3.34. The van der Waals surface area contributed by atoms with E-state index in [-0.39, 0.29) is 10.8 Å². The third kappa shape index (κ3) is 3.00. The van der Waals surface area contributed by atoms with Gasteiger partial charge in [-0.1, -0.05) is 18.7 Å². The van der Waals surface area contributed by atoms with Crippen LogP contribution in [0.15, 0.2) is 38.1 Å². The van der Waals surface area contributed by atoms with E-state index >= 15 is 0 Å². The Kier molecular flexibility index (Phi) is 4.18. The number of thiophene rings is 1. The largest absolute Gasteiger partial charge is 0.464 e. The number of fused-ring (bicyclic) bond motifs is 1. The maximum atomic E-state index is 12.6. The number of rotatable bonds is 5. The van der Waals surface area contributed by atoms with Gasteiger partial charge in [-0.3, -0.25) is 9.89 Å². The molecule has 0 fully saturated rings. The van der Waals surface area contributed by atoms with Crippen LogP contribution in [0.2, 0.25) is 0 Å². The first kappa shape index (κ1) is 16.1. The summed E-state index contributed by atoms with van der Waals surface area (Å²) in [6, 6.07) is 3.64. The zero-order valence-electron chi connectivity index (χ0n) is 13.6. The molecule has 0 aromatic carbocycles. The Bertz CT molecular complexity index is 1060. The summed E-state index contributed by atoms with van der Waals surface area (Å²) in [7, 11) is 0. The van der Waals surface area contributed by atoms with Crippen molar-refractivity contribution in [1.82, 2.24) is 25.1 Å². The van der Waals surface area contributed by atoms with Crippen LogP contribution in [0.25, 0.3) is 21.5 Å². The highest BCUT2D eigenvalue weighted by atomic mass is 32.2. The monoisotopic (exact) mass is 373 g/mol. The Morgan fingerprint density at radius 3 is 3.00 bits per heavy atom. The summed E-state index contributed by atoms with van der Waals surface area (Å²) in [5, 5.41) is 10.1. The van der Waals surface area contributed by atoms with Crippen molar-refractivity contribution < 1.29 is 4.42 Å². The molecule has 4 rings (SSSR count). The highest BCUT2D eigenvalue weighted by molar-refractivity contribution is 7.99. The SMILES string of the molecule is CCc1nc(S[C@@H](C)c2nc3scc(-c4ccco4)c3c(=O)[nH]2)n[nH]1. The molecule has 0 aliphatic heterocycles. The molecular formula is C16H15N5O2S2. The molecule has 25 heavy (non-hydrogen) atoms. The molecule has 0 aliphatic carbocycles. The number of H-pyrrole nitrogens is 2. The number of hydrogen-bond donors (Lipinski definition) is 2. The van der Waals surface area contributed by atoms with Crippen molar-refractivity contribution in [2.45, 2.75) is 30.7 Å². The van der Waals surface area contributed by atoms with E-state index in [0.29, 0.717) is 27.0 Å². The van der Waals surface area contributed by atoms with Gasteiger partial charge in [-0.25, -0.2) is 9.97 Å². The number of aryl methyl sites for hydroxylation is 1. The standard InChI is InChI=1S/C16H15N5O2S2/c1-3-11-17-16(21-20-11)25-8(2)13-18-14(22)12-9(7-24-15(12)19-13)10-5-4-6-23-10/h4-8H,3H2,1-2H3,(H,17,20,21)(H,18,19,22)/t8-/m0/s1. The van der Waals surface area contributed by atoms with Gasteiger partial charge in [0.05, 0.1) is 16.9 Å². The zero-order chi connectivity index (χ0) is 17.4. The maximum Gasteiger partial charge on any atom is 0.260 e. The van der Waals surface area contributed by atoms with Crippen LogP contribution < -0.4 is 5.56 Å². The number of nitrogens with one attached hydrogen (secondary N) is 2. The Balaban J connectivity index is 1.68. The minimum absolute atomic E-state index is 0.0771. The molecule has 1 atom stereocenters. The van der Waals surface area contributed by atoms with E-state index in [2.05, 4.69) is 25.1 Å². The first-order valence-corrected chi connectivity index (χ1v) is 9.55. The molecule has 4 aromatic heterocycles. The maximum absolute atomic E-state index is 12.6. The van der Waals surface area contributed by atoms with Crippen molar-refractivity contribution in [3.63, 3.8) is 0 Å². The molecule has 0 spiro atoms. The van der Waals surface area contributed by atoms with E-state index in [1.54, 1.807) is 12.3 Å². The van der Waals surface area contributed by atoms with Crippen molar-refractivity contribution >= 4 is 33.3 Å². The van der Waals surface area contributed by atoms with Crippen molar-refractivity contribution in [2.75, 3.05) is 0 Å². The lowest BCUT2D eigenvalue weighted by Gasteiger charge is -2.07. The van der Waals surface area contributed by atoms with Crippen molar-refractivity contribution in [1.29, 1.82) is 0 Å². The molecule has 0 saturated heterocycles. The van der Waals surface area contributed by atoms with E-state index in [1.165, 1.54) is 23.1 Å². The lowest BCUT2D eigenvalue weighted by Crippen LogP contribution is -2.12. The van der Waals surface area contributed by atoms with Crippen LogP contribution >= 0.6 is 23.1 Å². The molecule has 9 heteroatoms. The number of furan rings is 1. The Morgan fingerprint density at radius 1 is 1.40 bits per heavy atom. The molecular weight excluding hydrogens is 358 g/mol. The Labute approximate surface area is 150 Å². The fourth-order valence-corrected chi connectivity index (χ4v) is 4.21. The number of aromatic nitrogens is 5. The lowest BCUT2D eigenvalue weighted by molar-refractivity contribution is 0.583. The lowest BCUT2D eigenvalue weighted by atomic mass is 10.2. The number of nitrogens with zero attached hydrogens (tertiary/aromatic N) is 3. The van der Waals surface area contributed by atoms with Crippen LogP contribution in [0, 0.1) is 0 Å². The van der Waals surface area contributed by atoms with Crippen LogP contribution in [0.5, 0.6) is 0 Å². The van der Waals surface area contributed by atoms with Crippen molar-refractivity contribution in [2.24, 2.45) is 0 Å². The highest BCUT2D eigenvalue weighted by Gasteiger charge is 2.18. The van der Waals surface area contributed by atoms with Crippen LogP contribution in [0.3, 0.4) is 0 Å². The van der Waals surface area contributed by atoms with Crippen LogP contribution in [-0.2, 0) is 6.42 Å². The van der Waals surface area contributed by atoms with Crippen LogP contribution in [0.4, 0.5) is 0 Å². The van der Waals surface area contributed by atoms with Gasteiger partial charge in [0.15, 0.2) is 0 Å². The molecule has 4 heterocycles. The molecule has 0 bridgehead atoms. The molecule has 2 N–H and O–H groups in total. The topological polar surface area (TPSA) is 100 Å². The third-order valence-corrected chi connectivity index (χ3v) is 5.60. The Hall–Kier alpha value is -2.39. The van der Waals surface area contributed by atoms with Crippen molar-refractivity contribution in [3.05, 3.63) is 45.8 Å². The number of aromatic amines is 2. The molecule has 0 unspecified atom stereocenters. The first-order chi connectivity index (χ1) is 12.2. The van der Waals surface area contributed by atoms with Gasteiger partial charge in [0, 0.05) is 17.4 Å². The van der Waals surface area contributed by atoms with Gasteiger partial charge >= 0.3 is 0 Å². The predicted octanol–water partition coefficient (Wildman–Crippen LogP) is 3.78. The van der Waals surface area contributed by atoms with E-state index in [1.807, 2.05) is 25.3 Å². The molecule has 0 radical (unpaired) electrons. The van der Waals surface area contributed by atoms with Gasteiger partial charge in [0.1, 0.15) is 22.2 Å². The molecule has 4 aromatic rings. The second kappa shape index (κ2) is 6.49. The minimum Gasteiger partial charge on any atom is -0.464 e. The smallest absolute Gasteiger partial charge is 0.260 e. The number of hydrogen-bond acceptors (Lipinski definition) is 7. The van der Waals surface area contributed by atoms with Gasteiger partial charge in [-0.15, -0.1) is 16.4 Å². The summed E-state index contributed by atoms with van der Waals surface area (Å²) in [5.74, 6) is 2.12. The summed E-state index contributed by atoms with van der Waals surface area (Å²) >= 11 is 2.89. The second-order valence-electron chi connectivity index (χ2n) is 5.44. The summed E-state index contributed by atoms with van der Waals surface area (Å²) < 4.78 is 5.41. The summed E-state index contributed by atoms with van der Waals surface area (Å²) in [6.07, 6.45) is 2.39. The number of thioether (sulfide) groups is 1. The predicted molar refractivity (Wildman–Crippen MR) is 98.0 cm³/mol. The molecule has 0 saturated carbocycles. The van der Waals surface area contributed by atoms with Gasteiger partial charge in [-0.2, -0.15) is 0 Å². The molecule has 0 aliphatic rings. The van der Waals surface area contributed by atoms with E-state index in [0.717, 1.165) is 17.8 Å². The minimum atomic E-state index is -0.163. The first-order valence-electron chi connectivity index (χ1n) is 7.79. The van der Waals surface area contributed by atoms with Crippen LogP contribution in [0.1, 0.15) is 30.7 Å². The van der Waals surface area contributed by atoms with Crippen molar-refractivity contribution in [3.8, 4) is 11.3 Å².